The van der Waals surface area contributed by atoms with Gasteiger partial charge in [-0.2, -0.15) is 0 Å². The van der Waals surface area contributed by atoms with Crippen LogP contribution in [0.1, 0.15) is 5.56 Å². The van der Waals surface area contributed by atoms with E-state index in [1.54, 1.807) is 13.1 Å². The van der Waals surface area contributed by atoms with Crippen molar-refractivity contribution in [2.45, 2.75) is 6.42 Å². The lowest BCUT2D eigenvalue weighted by Gasteiger charge is -2.27. The van der Waals surface area contributed by atoms with Gasteiger partial charge in [0.2, 0.25) is 0 Å². The van der Waals surface area contributed by atoms with E-state index in [1.165, 1.54) is 19.2 Å². The maximum Gasteiger partial charge on any atom is 0.252 e. The van der Waals surface area contributed by atoms with Crippen LogP contribution in [0.25, 0.3) is 0 Å². The SMILES string of the molecule is CON(C)C(=O)C1COc2ccc(F)cc2C1. The molecule has 1 atom stereocenters. The van der Waals surface area contributed by atoms with E-state index in [-0.39, 0.29) is 17.6 Å². The lowest BCUT2D eigenvalue weighted by molar-refractivity contribution is -0.174. The van der Waals surface area contributed by atoms with Crippen molar-refractivity contribution in [2.24, 2.45) is 5.92 Å². The highest BCUT2D eigenvalue weighted by molar-refractivity contribution is 5.78. The van der Waals surface area contributed by atoms with E-state index >= 15 is 0 Å². The molecule has 5 heteroatoms. The molecular weight excluding hydrogens is 225 g/mol. The van der Waals surface area contributed by atoms with Crippen molar-refractivity contribution in [1.29, 1.82) is 0 Å². The number of ether oxygens (including phenoxy) is 1. The number of rotatable bonds is 2. The molecular formula is C12H14FNO3. The first-order valence-electron chi connectivity index (χ1n) is 5.34. The summed E-state index contributed by atoms with van der Waals surface area (Å²) < 4.78 is 18.5. The third-order valence-electron chi connectivity index (χ3n) is 2.86. The van der Waals surface area contributed by atoms with E-state index in [4.69, 9.17) is 9.57 Å². The topological polar surface area (TPSA) is 38.8 Å². The normalized spacial score (nSPS) is 18.2. The number of hydroxylamine groups is 2. The molecule has 1 aromatic carbocycles. The summed E-state index contributed by atoms with van der Waals surface area (Å²) in [5.74, 6) is -0.160. The minimum Gasteiger partial charge on any atom is -0.492 e. The molecule has 1 aliphatic rings. The highest BCUT2D eigenvalue weighted by Gasteiger charge is 2.28. The van der Waals surface area contributed by atoms with Gasteiger partial charge in [0.1, 0.15) is 18.2 Å². The number of benzene rings is 1. The smallest absolute Gasteiger partial charge is 0.252 e. The summed E-state index contributed by atoms with van der Waals surface area (Å²) >= 11 is 0. The first kappa shape index (κ1) is 11.9. The summed E-state index contributed by atoms with van der Waals surface area (Å²) in [5.41, 5.74) is 0.721. The van der Waals surface area contributed by atoms with Gasteiger partial charge in [-0.3, -0.25) is 9.63 Å². The Morgan fingerprint density at radius 2 is 2.35 bits per heavy atom. The first-order valence-corrected chi connectivity index (χ1v) is 5.34. The highest BCUT2D eigenvalue weighted by atomic mass is 19.1. The van der Waals surface area contributed by atoms with Crippen LogP contribution in [0.3, 0.4) is 0 Å². The van der Waals surface area contributed by atoms with Gasteiger partial charge in [-0.15, -0.1) is 0 Å². The molecule has 1 heterocycles. The van der Waals surface area contributed by atoms with Crippen molar-refractivity contribution in [3.05, 3.63) is 29.6 Å². The van der Waals surface area contributed by atoms with Crippen LogP contribution in [0.15, 0.2) is 18.2 Å². The Kier molecular flexibility index (Phi) is 3.28. The molecule has 1 unspecified atom stereocenters. The molecule has 17 heavy (non-hydrogen) atoms. The highest BCUT2D eigenvalue weighted by Crippen LogP contribution is 2.28. The average molecular weight is 239 g/mol. The van der Waals surface area contributed by atoms with Crippen molar-refractivity contribution in [2.75, 3.05) is 20.8 Å². The van der Waals surface area contributed by atoms with Gasteiger partial charge in [0.25, 0.3) is 5.91 Å². The monoisotopic (exact) mass is 239 g/mol. The molecule has 1 amide bonds. The lowest BCUT2D eigenvalue weighted by atomic mass is 9.96. The van der Waals surface area contributed by atoms with E-state index < -0.39 is 0 Å². The standard InChI is InChI=1S/C12H14FNO3/c1-14(16-2)12(15)9-5-8-6-10(13)3-4-11(8)17-7-9/h3-4,6,9H,5,7H2,1-2H3. The molecule has 0 bridgehead atoms. The summed E-state index contributed by atoms with van der Waals surface area (Å²) in [7, 11) is 2.97. The molecule has 0 aromatic heterocycles. The molecule has 1 aliphatic heterocycles. The zero-order valence-electron chi connectivity index (χ0n) is 9.77. The number of amides is 1. The molecule has 0 saturated heterocycles. The van der Waals surface area contributed by atoms with Gasteiger partial charge in [0.15, 0.2) is 0 Å². The average Bonchev–Trinajstić information content (AvgIpc) is 2.36. The number of fused-ring (bicyclic) bond motifs is 1. The van der Waals surface area contributed by atoms with Crippen LogP contribution in [0.2, 0.25) is 0 Å². The fraction of sp³-hybridized carbons (Fsp3) is 0.417. The molecule has 0 N–H and O–H groups in total. The minimum atomic E-state index is -0.325. The largest absolute Gasteiger partial charge is 0.492 e. The third kappa shape index (κ3) is 2.39. The van der Waals surface area contributed by atoms with Crippen LogP contribution >= 0.6 is 0 Å². The number of hydrogen-bond donors (Lipinski definition) is 0. The third-order valence-corrected chi connectivity index (χ3v) is 2.86. The summed E-state index contributed by atoms with van der Waals surface area (Å²) in [6.45, 7) is 0.297. The maximum absolute atomic E-state index is 13.1. The van der Waals surface area contributed by atoms with Crippen LogP contribution in [-0.4, -0.2) is 31.7 Å². The van der Waals surface area contributed by atoms with Gasteiger partial charge >= 0.3 is 0 Å². The molecule has 92 valence electrons. The van der Waals surface area contributed by atoms with Crippen LogP contribution in [0.5, 0.6) is 5.75 Å². The predicted molar refractivity (Wildman–Crippen MR) is 58.9 cm³/mol. The Balaban J connectivity index is 2.15. The number of hydrogen-bond acceptors (Lipinski definition) is 3. The zero-order valence-corrected chi connectivity index (χ0v) is 9.77. The fourth-order valence-electron chi connectivity index (χ4n) is 1.87. The second kappa shape index (κ2) is 4.71. The number of carbonyl (C=O) groups is 1. The Morgan fingerprint density at radius 3 is 3.06 bits per heavy atom. The second-order valence-electron chi connectivity index (χ2n) is 3.98. The van der Waals surface area contributed by atoms with E-state index in [0.717, 1.165) is 10.6 Å². The summed E-state index contributed by atoms with van der Waals surface area (Å²) in [6.07, 6.45) is 0.472. The van der Waals surface area contributed by atoms with Crippen LogP contribution in [0, 0.1) is 11.7 Å². The van der Waals surface area contributed by atoms with Crippen molar-refractivity contribution >= 4 is 5.91 Å². The van der Waals surface area contributed by atoms with Gasteiger partial charge < -0.3 is 4.74 Å². The van der Waals surface area contributed by atoms with Gasteiger partial charge in [-0.05, 0) is 30.2 Å². The van der Waals surface area contributed by atoms with Crippen molar-refractivity contribution in [3.8, 4) is 5.75 Å². The Bertz CT molecular complexity index is 436. The van der Waals surface area contributed by atoms with Crippen LogP contribution in [0.4, 0.5) is 4.39 Å². The van der Waals surface area contributed by atoms with E-state index in [0.29, 0.717) is 18.8 Å². The molecule has 0 spiro atoms. The van der Waals surface area contributed by atoms with Crippen LogP contribution < -0.4 is 4.74 Å². The number of carbonyl (C=O) groups excluding carboxylic acids is 1. The van der Waals surface area contributed by atoms with Gasteiger partial charge in [-0.25, -0.2) is 9.45 Å². The first-order chi connectivity index (χ1) is 8.11. The van der Waals surface area contributed by atoms with E-state index in [1.807, 2.05) is 0 Å². The molecule has 0 saturated carbocycles. The van der Waals surface area contributed by atoms with E-state index in [2.05, 4.69) is 0 Å². The van der Waals surface area contributed by atoms with Gasteiger partial charge in [0.05, 0.1) is 13.0 Å². The van der Waals surface area contributed by atoms with Crippen LogP contribution in [-0.2, 0) is 16.1 Å². The predicted octanol–water partition coefficient (Wildman–Crippen LogP) is 1.40. The maximum atomic E-state index is 13.1. The molecule has 2 rings (SSSR count). The molecule has 1 aromatic rings. The zero-order chi connectivity index (χ0) is 12.4. The van der Waals surface area contributed by atoms with Gasteiger partial charge in [-0.1, -0.05) is 0 Å². The Morgan fingerprint density at radius 1 is 1.59 bits per heavy atom. The lowest BCUT2D eigenvalue weighted by Crippen LogP contribution is -2.38. The number of nitrogens with zero attached hydrogens (tertiary/aromatic N) is 1. The molecule has 4 nitrogen and oxygen atoms in total. The number of halogens is 1. The van der Waals surface area contributed by atoms with Crippen molar-refractivity contribution < 1.29 is 18.8 Å². The minimum absolute atomic E-state index is 0.164. The molecule has 0 aliphatic carbocycles. The van der Waals surface area contributed by atoms with Gasteiger partial charge in [0, 0.05) is 7.05 Å². The Labute approximate surface area is 98.9 Å². The summed E-state index contributed by atoms with van der Waals surface area (Å²) in [6, 6.07) is 4.34. The summed E-state index contributed by atoms with van der Waals surface area (Å²) in [4.78, 5) is 16.7. The molecule has 0 fully saturated rings. The summed E-state index contributed by atoms with van der Waals surface area (Å²) in [5, 5.41) is 1.16. The quantitative estimate of drug-likeness (QED) is 0.732. The van der Waals surface area contributed by atoms with Crippen molar-refractivity contribution in [3.63, 3.8) is 0 Å². The fourth-order valence-corrected chi connectivity index (χ4v) is 1.87. The Hall–Kier alpha value is -1.62. The van der Waals surface area contributed by atoms with E-state index in [9.17, 15) is 9.18 Å². The van der Waals surface area contributed by atoms with Crippen molar-refractivity contribution in [1.82, 2.24) is 5.06 Å². The second-order valence-corrected chi connectivity index (χ2v) is 3.98. The molecule has 0 radical (unpaired) electrons.